The first-order valence-electron chi connectivity index (χ1n) is 9.27. The van der Waals surface area contributed by atoms with Gasteiger partial charge in [-0.05, 0) is 50.5 Å². The Labute approximate surface area is 156 Å². The minimum absolute atomic E-state index is 0.0151. The fourth-order valence-electron chi connectivity index (χ4n) is 3.28. The Kier molecular flexibility index (Phi) is 5.97. The van der Waals surface area contributed by atoms with Crippen LogP contribution in [-0.2, 0) is 11.2 Å². The van der Waals surface area contributed by atoms with E-state index in [9.17, 15) is 0 Å². The first-order chi connectivity index (χ1) is 12.5. The van der Waals surface area contributed by atoms with Gasteiger partial charge in [0.05, 0.1) is 0 Å². The fraction of sp³-hybridized carbons (Fsp3) is 0.455. The zero-order valence-electron chi connectivity index (χ0n) is 15.9. The number of aliphatic hydroxyl groups is 1. The fourth-order valence-corrected chi connectivity index (χ4v) is 3.28. The Morgan fingerprint density at radius 3 is 2.38 bits per heavy atom. The van der Waals surface area contributed by atoms with Crippen molar-refractivity contribution in [3.05, 3.63) is 65.7 Å². The van der Waals surface area contributed by atoms with Crippen LogP contribution in [0.4, 0.5) is 0 Å². The van der Waals surface area contributed by atoms with Crippen LogP contribution in [0.2, 0.25) is 0 Å². The molecule has 140 valence electrons. The highest BCUT2D eigenvalue weighted by Gasteiger charge is 2.40. The zero-order valence-corrected chi connectivity index (χ0v) is 15.9. The van der Waals surface area contributed by atoms with E-state index in [1.165, 1.54) is 5.56 Å². The van der Waals surface area contributed by atoms with Crippen LogP contribution in [0, 0.1) is 0 Å². The molecular formula is C22H29NO3. The van der Waals surface area contributed by atoms with Gasteiger partial charge in [-0.3, -0.25) is 4.90 Å². The molecule has 0 aliphatic carbocycles. The molecule has 0 bridgehead atoms. The number of hydrogen-bond donors (Lipinski definition) is 1. The molecule has 2 unspecified atom stereocenters. The van der Waals surface area contributed by atoms with Gasteiger partial charge in [-0.1, -0.05) is 42.5 Å². The normalized spacial score (nSPS) is 21.1. The molecule has 4 nitrogen and oxygen atoms in total. The summed E-state index contributed by atoms with van der Waals surface area (Å²) in [6.45, 7) is 8.18. The molecule has 2 aromatic rings. The third-order valence-corrected chi connectivity index (χ3v) is 4.71. The van der Waals surface area contributed by atoms with E-state index >= 15 is 0 Å². The van der Waals surface area contributed by atoms with Crippen LogP contribution in [0.3, 0.4) is 0 Å². The van der Waals surface area contributed by atoms with Crippen LogP contribution >= 0.6 is 0 Å². The summed E-state index contributed by atoms with van der Waals surface area (Å²) in [6, 6.07) is 18.3. The van der Waals surface area contributed by atoms with E-state index in [0.717, 1.165) is 17.9 Å². The Morgan fingerprint density at radius 1 is 1.08 bits per heavy atom. The van der Waals surface area contributed by atoms with Crippen LogP contribution in [0.25, 0.3) is 0 Å². The van der Waals surface area contributed by atoms with Crippen LogP contribution in [0.1, 0.15) is 38.1 Å². The smallest absolute Gasteiger partial charge is 0.137 e. The van der Waals surface area contributed by atoms with Gasteiger partial charge in [0.25, 0.3) is 0 Å². The highest BCUT2D eigenvalue weighted by molar-refractivity contribution is 5.27. The SMILES string of the molecule is CC(C)(C)N1CC(COc2ccc(CCO)cc2)OC1c1ccccc1. The molecule has 3 rings (SSSR count). The largest absolute Gasteiger partial charge is 0.491 e. The highest BCUT2D eigenvalue weighted by atomic mass is 16.6. The topological polar surface area (TPSA) is 41.9 Å². The van der Waals surface area contributed by atoms with E-state index in [1.54, 1.807) is 0 Å². The van der Waals surface area contributed by atoms with E-state index in [1.807, 2.05) is 30.3 Å². The number of nitrogens with zero attached hydrogens (tertiary/aromatic N) is 1. The second-order valence-electron chi connectivity index (χ2n) is 7.77. The van der Waals surface area contributed by atoms with Crippen molar-refractivity contribution >= 4 is 0 Å². The predicted octanol–water partition coefficient (Wildman–Crippen LogP) is 3.80. The molecule has 1 aliphatic heterocycles. The monoisotopic (exact) mass is 355 g/mol. The summed E-state index contributed by atoms with van der Waals surface area (Å²) in [5.41, 5.74) is 2.31. The molecule has 0 saturated carbocycles. The van der Waals surface area contributed by atoms with Gasteiger partial charge >= 0.3 is 0 Å². The van der Waals surface area contributed by atoms with E-state index in [-0.39, 0.29) is 24.5 Å². The van der Waals surface area contributed by atoms with Gasteiger partial charge in [-0.15, -0.1) is 0 Å². The van der Waals surface area contributed by atoms with Gasteiger partial charge < -0.3 is 14.6 Å². The van der Waals surface area contributed by atoms with E-state index < -0.39 is 0 Å². The number of benzene rings is 2. The summed E-state index contributed by atoms with van der Waals surface area (Å²) in [6.07, 6.45) is 0.652. The second kappa shape index (κ2) is 8.21. The van der Waals surface area contributed by atoms with Gasteiger partial charge in [0.2, 0.25) is 0 Å². The summed E-state index contributed by atoms with van der Waals surface area (Å²) in [5.74, 6) is 0.834. The minimum Gasteiger partial charge on any atom is -0.491 e. The average Bonchev–Trinajstić information content (AvgIpc) is 3.07. The molecule has 26 heavy (non-hydrogen) atoms. The van der Waals surface area contributed by atoms with Crippen molar-refractivity contribution in [1.82, 2.24) is 4.90 Å². The maximum Gasteiger partial charge on any atom is 0.137 e. The van der Waals surface area contributed by atoms with Crippen molar-refractivity contribution in [2.24, 2.45) is 0 Å². The maximum absolute atomic E-state index is 8.99. The molecule has 1 aliphatic rings. The molecule has 0 amide bonds. The summed E-state index contributed by atoms with van der Waals surface area (Å²) in [5, 5.41) is 8.99. The van der Waals surface area contributed by atoms with Gasteiger partial charge in [0.15, 0.2) is 0 Å². The Hall–Kier alpha value is -1.88. The van der Waals surface area contributed by atoms with Crippen LogP contribution in [-0.4, -0.2) is 41.4 Å². The molecule has 0 aromatic heterocycles. The molecule has 1 heterocycles. The highest BCUT2D eigenvalue weighted by Crippen LogP contribution is 2.36. The lowest BCUT2D eigenvalue weighted by Crippen LogP contribution is -2.42. The molecule has 4 heteroatoms. The van der Waals surface area contributed by atoms with Crippen LogP contribution < -0.4 is 4.74 Å². The van der Waals surface area contributed by atoms with Crippen molar-refractivity contribution in [3.63, 3.8) is 0 Å². The third-order valence-electron chi connectivity index (χ3n) is 4.71. The first kappa shape index (κ1) is 18.9. The summed E-state index contributed by atoms with van der Waals surface area (Å²) < 4.78 is 12.3. The molecule has 0 spiro atoms. The quantitative estimate of drug-likeness (QED) is 0.856. The van der Waals surface area contributed by atoms with Gasteiger partial charge in [0.1, 0.15) is 24.7 Å². The standard InChI is InChI=1S/C22H29NO3/c1-22(2,3)23-15-20(26-21(23)18-7-5-4-6-8-18)16-25-19-11-9-17(10-12-19)13-14-24/h4-12,20-21,24H,13-16H2,1-3H3. The molecule has 1 fully saturated rings. The number of hydrogen-bond acceptors (Lipinski definition) is 4. The average molecular weight is 355 g/mol. The van der Waals surface area contributed by atoms with E-state index in [2.05, 4.69) is 49.9 Å². The number of rotatable bonds is 6. The lowest BCUT2D eigenvalue weighted by Gasteiger charge is -2.35. The lowest BCUT2D eigenvalue weighted by atomic mass is 10.0. The summed E-state index contributed by atoms with van der Waals surface area (Å²) in [4.78, 5) is 2.39. The van der Waals surface area contributed by atoms with Crippen molar-refractivity contribution in [3.8, 4) is 5.75 Å². The second-order valence-corrected chi connectivity index (χ2v) is 7.77. The van der Waals surface area contributed by atoms with Crippen LogP contribution in [0.5, 0.6) is 5.75 Å². The van der Waals surface area contributed by atoms with Crippen molar-refractivity contribution in [2.75, 3.05) is 19.8 Å². The van der Waals surface area contributed by atoms with E-state index in [0.29, 0.717) is 13.0 Å². The van der Waals surface area contributed by atoms with Crippen LogP contribution in [0.15, 0.2) is 54.6 Å². The first-order valence-corrected chi connectivity index (χ1v) is 9.27. The molecule has 2 atom stereocenters. The van der Waals surface area contributed by atoms with Crippen molar-refractivity contribution < 1.29 is 14.6 Å². The molecular weight excluding hydrogens is 326 g/mol. The Bertz CT molecular complexity index is 679. The van der Waals surface area contributed by atoms with Crippen molar-refractivity contribution in [2.45, 2.75) is 45.1 Å². The third kappa shape index (κ3) is 4.64. The number of ether oxygens (including phenoxy) is 2. The Morgan fingerprint density at radius 2 is 1.77 bits per heavy atom. The molecule has 1 N–H and O–H groups in total. The molecule has 2 aromatic carbocycles. The maximum atomic E-state index is 8.99. The predicted molar refractivity (Wildman–Crippen MR) is 103 cm³/mol. The van der Waals surface area contributed by atoms with Gasteiger partial charge in [-0.2, -0.15) is 0 Å². The Balaban J connectivity index is 1.64. The zero-order chi connectivity index (χ0) is 18.6. The lowest BCUT2D eigenvalue weighted by molar-refractivity contribution is -0.0398. The molecule has 1 saturated heterocycles. The van der Waals surface area contributed by atoms with Gasteiger partial charge in [-0.25, -0.2) is 0 Å². The summed E-state index contributed by atoms with van der Waals surface area (Å²) >= 11 is 0. The van der Waals surface area contributed by atoms with E-state index in [4.69, 9.17) is 14.6 Å². The van der Waals surface area contributed by atoms with Gasteiger partial charge in [0, 0.05) is 18.7 Å². The minimum atomic E-state index is -0.0447. The summed E-state index contributed by atoms with van der Waals surface area (Å²) in [7, 11) is 0. The molecule has 0 radical (unpaired) electrons. The van der Waals surface area contributed by atoms with Crippen molar-refractivity contribution in [1.29, 1.82) is 0 Å². The number of aliphatic hydroxyl groups excluding tert-OH is 1.